The van der Waals surface area contributed by atoms with E-state index in [4.69, 9.17) is 9.57 Å². The molecule has 2 rings (SSSR count). The van der Waals surface area contributed by atoms with Gasteiger partial charge in [0.05, 0.1) is 6.20 Å². The van der Waals surface area contributed by atoms with Gasteiger partial charge in [-0.25, -0.2) is 9.78 Å². The van der Waals surface area contributed by atoms with Gasteiger partial charge in [0.2, 0.25) is 0 Å². The molecule has 0 spiro atoms. The number of rotatable bonds is 1. The van der Waals surface area contributed by atoms with Crippen molar-refractivity contribution in [3.05, 3.63) is 27.6 Å². The quantitative estimate of drug-likeness (QED) is 0.568. The number of hydrogen-bond acceptors (Lipinski definition) is 4. The Kier molecular flexibility index (Phi) is 3.71. The van der Waals surface area contributed by atoms with E-state index in [1.807, 2.05) is 19.1 Å². The Morgan fingerprint density at radius 1 is 1.37 bits per heavy atom. The molecule has 0 amide bonds. The molecule has 0 radical (unpaired) electrons. The maximum atomic E-state index is 11.7. The van der Waals surface area contributed by atoms with E-state index >= 15 is 0 Å². The molecular formula is C13H15IN2O3. The average Bonchev–Trinajstić information content (AvgIpc) is 2.52. The minimum absolute atomic E-state index is 0.587. The molecule has 0 unspecified atom stereocenters. The standard InChI is InChI=1S/C13H15IN2O3/c1-8-5-6-9-10(14)7-16(11(9)15-8)19-12(17)18-13(2,3)4/h5-7H,1-4H3. The van der Waals surface area contributed by atoms with Crippen LogP contribution >= 0.6 is 22.6 Å². The summed E-state index contributed by atoms with van der Waals surface area (Å²) in [4.78, 5) is 21.2. The zero-order valence-corrected chi connectivity index (χ0v) is 13.4. The number of ether oxygens (including phenoxy) is 1. The van der Waals surface area contributed by atoms with Crippen molar-refractivity contribution in [2.24, 2.45) is 0 Å². The molecule has 6 heteroatoms. The SMILES string of the molecule is Cc1ccc2c(I)cn(OC(=O)OC(C)(C)C)c2n1. The third kappa shape index (κ3) is 3.37. The molecule has 0 saturated heterocycles. The van der Waals surface area contributed by atoms with Crippen molar-refractivity contribution in [1.29, 1.82) is 0 Å². The minimum Gasteiger partial charge on any atom is -0.427 e. The number of pyridine rings is 1. The second-order valence-electron chi connectivity index (χ2n) is 5.18. The molecule has 102 valence electrons. The van der Waals surface area contributed by atoms with E-state index in [1.54, 1.807) is 27.0 Å². The molecule has 19 heavy (non-hydrogen) atoms. The van der Waals surface area contributed by atoms with Gasteiger partial charge >= 0.3 is 6.16 Å². The maximum Gasteiger partial charge on any atom is 0.534 e. The highest BCUT2D eigenvalue weighted by molar-refractivity contribution is 14.1. The van der Waals surface area contributed by atoms with Crippen molar-refractivity contribution in [3.8, 4) is 0 Å². The van der Waals surface area contributed by atoms with Gasteiger partial charge < -0.3 is 4.74 Å². The summed E-state index contributed by atoms with van der Waals surface area (Å²) in [5.74, 6) is 0. The number of carbonyl (C=O) groups is 1. The van der Waals surface area contributed by atoms with E-state index in [1.165, 1.54) is 4.73 Å². The number of carbonyl (C=O) groups excluding carboxylic acids is 1. The van der Waals surface area contributed by atoms with E-state index in [-0.39, 0.29) is 0 Å². The van der Waals surface area contributed by atoms with E-state index in [0.29, 0.717) is 5.65 Å². The Balaban J connectivity index is 2.31. The molecule has 0 N–H and O–H groups in total. The summed E-state index contributed by atoms with van der Waals surface area (Å²) >= 11 is 2.17. The van der Waals surface area contributed by atoms with Gasteiger partial charge in [-0.1, -0.05) is 0 Å². The third-order valence-electron chi connectivity index (χ3n) is 2.27. The second kappa shape index (κ2) is 4.99. The first-order valence-corrected chi connectivity index (χ1v) is 6.90. The van der Waals surface area contributed by atoms with Crippen molar-refractivity contribution in [2.75, 3.05) is 0 Å². The van der Waals surface area contributed by atoms with Crippen LogP contribution in [-0.2, 0) is 4.74 Å². The fourth-order valence-corrected chi connectivity index (χ4v) is 2.22. The number of aryl methyl sites for hydroxylation is 1. The van der Waals surface area contributed by atoms with Crippen LogP contribution in [0.1, 0.15) is 26.5 Å². The third-order valence-corrected chi connectivity index (χ3v) is 3.13. The summed E-state index contributed by atoms with van der Waals surface area (Å²) in [7, 11) is 0. The van der Waals surface area contributed by atoms with Gasteiger partial charge in [-0.3, -0.25) is 4.84 Å². The Labute approximate surface area is 125 Å². The Morgan fingerprint density at radius 2 is 2.05 bits per heavy atom. The molecule has 0 fully saturated rings. The first-order chi connectivity index (χ1) is 8.76. The monoisotopic (exact) mass is 374 g/mol. The normalized spacial score (nSPS) is 11.6. The largest absolute Gasteiger partial charge is 0.534 e. The smallest absolute Gasteiger partial charge is 0.427 e. The number of hydrogen-bond donors (Lipinski definition) is 0. The molecule has 2 aromatic rings. The van der Waals surface area contributed by atoms with E-state index in [9.17, 15) is 4.79 Å². The van der Waals surface area contributed by atoms with Crippen molar-refractivity contribution < 1.29 is 14.4 Å². The van der Waals surface area contributed by atoms with Gasteiger partial charge in [0.15, 0.2) is 5.65 Å². The van der Waals surface area contributed by atoms with Gasteiger partial charge in [-0.15, -0.1) is 0 Å². The van der Waals surface area contributed by atoms with Crippen molar-refractivity contribution >= 4 is 39.8 Å². The average molecular weight is 374 g/mol. The first-order valence-electron chi connectivity index (χ1n) is 5.82. The molecular weight excluding hydrogens is 359 g/mol. The first kappa shape index (κ1) is 14.1. The highest BCUT2D eigenvalue weighted by Gasteiger charge is 2.20. The van der Waals surface area contributed by atoms with Crippen LogP contribution < -0.4 is 4.84 Å². The highest BCUT2D eigenvalue weighted by atomic mass is 127. The van der Waals surface area contributed by atoms with Crippen LogP contribution in [-0.4, -0.2) is 21.5 Å². The van der Waals surface area contributed by atoms with Crippen LogP contribution in [0.3, 0.4) is 0 Å². The van der Waals surface area contributed by atoms with Gasteiger partial charge in [-0.2, -0.15) is 4.73 Å². The number of halogens is 1. The van der Waals surface area contributed by atoms with E-state index < -0.39 is 11.8 Å². The molecule has 0 bridgehead atoms. The molecule has 2 heterocycles. The summed E-state index contributed by atoms with van der Waals surface area (Å²) in [5, 5.41) is 0.940. The summed E-state index contributed by atoms with van der Waals surface area (Å²) in [5.41, 5.74) is 0.877. The van der Waals surface area contributed by atoms with E-state index in [2.05, 4.69) is 27.6 Å². The predicted octanol–water partition coefficient (Wildman–Crippen LogP) is 3.31. The lowest BCUT2D eigenvalue weighted by atomic mass is 10.2. The summed E-state index contributed by atoms with van der Waals surface area (Å²) in [6, 6.07) is 3.87. The number of fused-ring (bicyclic) bond motifs is 1. The molecule has 0 aliphatic heterocycles. The van der Waals surface area contributed by atoms with Crippen LogP contribution in [0.2, 0.25) is 0 Å². The zero-order valence-electron chi connectivity index (χ0n) is 11.2. The van der Waals surface area contributed by atoms with Crippen LogP contribution in [0.5, 0.6) is 0 Å². The number of nitrogens with zero attached hydrogens (tertiary/aromatic N) is 2. The summed E-state index contributed by atoms with van der Waals surface area (Å²) in [6.07, 6.45) is 0.964. The van der Waals surface area contributed by atoms with Crippen LogP contribution in [0, 0.1) is 10.5 Å². The maximum absolute atomic E-state index is 11.7. The fourth-order valence-electron chi connectivity index (χ4n) is 1.55. The molecule has 0 aliphatic rings. The van der Waals surface area contributed by atoms with E-state index in [0.717, 1.165) is 14.7 Å². The highest BCUT2D eigenvalue weighted by Crippen LogP contribution is 2.21. The van der Waals surface area contributed by atoms with Crippen LogP contribution in [0.4, 0.5) is 4.79 Å². The molecule has 0 atom stereocenters. The molecule has 0 aromatic carbocycles. The summed E-state index contributed by atoms with van der Waals surface area (Å²) < 4.78 is 7.42. The Bertz CT molecular complexity index is 629. The topological polar surface area (TPSA) is 53.4 Å². The fraction of sp³-hybridized carbons (Fsp3) is 0.385. The molecule has 2 aromatic heterocycles. The summed E-state index contributed by atoms with van der Waals surface area (Å²) in [6.45, 7) is 7.24. The lowest BCUT2D eigenvalue weighted by Gasteiger charge is -2.18. The zero-order chi connectivity index (χ0) is 14.2. The number of aromatic nitrogens is 2. The lowest BCUT2D eigenvalue weighted by molar-refractivity contribution is -0.00903. The minimum atomic E-state index is -0.746. The second-order valence-corrected chi connectivity index (χ2v) is 6.34. The van der Waals surface area contributed by atoms with Gasteiger partial charge in [-0.05, 0) is 62.4 Å². The predicted molar refractivity (Wildman–Crippen MR) is 80.0 cm³/mol. The van der Waals surface area contributed by atoms with Gasteiger partial charge in [0.1, 0.15) is 5.60 Å². The van der Waals surface area contributed by atoms with Gasteiger partial charge in [0, 0.05) is 14.7 Å². The van der Waals surface area contributed by atoms with Crippen molar-refractivity contribution in [1.82, 2.24) is 9.71 Å². The van der Waals surface area contributed by atoms with Crippen LogP contribution in [0.15, 0.2) is 18.3 Å². The van der Waals surface area contributed by atoms with Gasteiger partial charge in [0.25, 0.3) is 0 Å². The Hall–Kier alpha value is -1.31. The molecule has 0 saturated carbocycles. The van der Waals surface area contributed by atoms with Crippen LogP contribution in [0.25, 0.3) is 11.0 Å². The molecule has 5 nitrogen and oxygen atoms in total. The van der Waals surface area contributed by atoms with Crippen molar-refractivity contribution in [2.45, 2.75) is 33.3 Å². The Morgan fingerprint density at radius 3 is 2.68 bits per heavy atom. The van der Waals surface area contributed by atoms with Crippen molar-refractivity contribution in [3.63, 3.8) is 0 Å². The lowest BCUT2D eigenvalue weighted by Crippen LogP contribution is -2.29. The molecule has 0 aliphatic carbocycles.